The monoisotopic (exact) mass is 269 g/mol. The molecule has 3 heteroatoms. The lowest BCUT2D eigenvalue weighted by Crippen LogP contribution is -1.85. The van der Waals surface area contributed by atoms with E-state index in [2.05, 4.69) is 63.5 Å². The van der Waals surface area contributed by atoms with Crippen molar-refractivity contribution in [1.29, 1.82) is 0 Å². The first-order valence-corrected chi connectivity index (χ1v) is 6.94. The van der Waals surface area contributed by atoms with Crippen LogP contribution in [0, 0.1) is 0 Å². The third-order valence-corrected chi connectivity index (χ3v) is 4.11. The standard InChI is InChI=1S/C18H11N3/c1-2-4-12-11(3-1)5-6-15-13(12)9-14-16(21-15)7-8-17-18(14)20-10-19-17/h1-10,21H. The summed E-state index contributed by atoms with van der Waals surface area (Å²) in [6.07, 6.45) is 1.62. The predicted octanol–water partition coefficient (Wildman–Crippen LogP) is 4.42. The molecule has 0 aliphatic carbocycles. The molecule has 21 heavy (non-hydrogen) atoms. The third-order valence-electron chi connectivity index (χ3n) is 4.11. The first-order valence-electron chi connectivity index (χ1n) is 6.94. The van der Waals surface area contributed by atoms with Gasteiger partial charge in [-0.15, -0.1) is 0 Å². The summed E-state index contributed by atoms with van der Waals surface area (Å²) in [7, 11) is 0. The minimum absolute atomic E-state index is 0.940. The van der Waals surface area contributed by atoms with Gasteiger partial charge in [0.2, 0.25) is 0 Å². The van der Waals surface area contributed by atoms with Crippen molar-refractivity contribution < 1.29 is 0 Å². The first kappa shape index (κ1) is 10.8. The van der Waals surface area contributed by atoms with Gasteiger partial charge >= 0.3 is 0 Å². The second-order valence-corrected chi connectivity index (χ2v) is 5.29. The lowest BCUT2D eigenvalue weighted by molar-refractivity contribution is 1.35. The number of hydrogen-bond acceptors (Lipinski definition) is 2. The number of fused-ring (bicyclic) bond motifs is 6. The van der Waals surface area contributed by atoms with Crippen molar-refractivity contribution in [3.8, 4) is 0 Å². The minimum atomic E-state index is 0.940. The molecular weight excluding hydrogens is 258 g/mol. The van der Waals surface area contributed by atoms with E-state index in [4.69, 9.17) is 0 Å². The Hall–Kier alpha value is -2.94. The summed E-state index contributed by atoms with van der Waals surface area (Å²) in [6.45, 7) is 0. The van der Waals surface area contributed by atoms with Crippen LogP contribution in [0.15, 0.2) is 60.9 Å². The number of H-pyrrole nitrogens is 1. The van der Waals surface area contributed by atoms with Gasteiger partial charge in [0, 0.05) is 21.8 Å². The van der Waals surface area contributed by atoms with Crippen LogP contribution in [0.3, 0.4) is 0 Å². The van der Waals surface area contributed by atoms with E-state index >= 15 is 0 Å². The molecule has 0 bridgehead atoms. The zero-order chi connectivity index (χ0) is 13.8. The van der Waals surface area contributed by atoms with Crippen LogP contribution < -0.4 is 0 Å². The zero-order valence-electron chi connectivity index (χ0n) is 11.2. The Morgan fingerprint density at radius 2 is 1.57 bits per heavy atom. The first-order chi connectivity index (χ1) is 10.4. The molecule has 0 radical (unpaired) electrons. The average molecular weight is 269 g/mol. The van der Waals surface area contributed by atoms with Crippen LogP contribution in [0.25, 0.3) is 43.6 Å². The number of aromatic nitrogens is 3. The van der Waals surface area contributed by atoms with Crippen LogP contribution in [-0.4, -0.2) is 15.0 Å². The molecule has 0 aliphatic heterocycles. The molecule has 0 unspecified atom stereocenters. The average Bonchev–Trinajstić information content (AvgIpc) is 3.02. The van der Waals surface area contributed by atoms with Crippen molar-refractivity contribution in [2.75, 3.05) is 0 Å². The van der Waals surface area contributed by atoms with E-state index in [9.17, 15) is 0 Å². The lowest BCUT2D eigenvalue weighted by atomic mass is 10.0. The molecule has 0 amide bonds. The number of nitrogens with zero attached hydrogens (tertiary/aromatic N) is 2. The molecule has 2 heterocycles. The molecule has 98 valence electrons. The smallest absolute Gasteiger partial charge is 0.116 e. The Bertz CT molecular complexity index is 1140. The Kier molecular flexibility index (Phi) is 1.95. The molecule has 5 rings (SSSR count). The van der Waals surface area contributed by atoms with E-state index in [1.807, 2.05) is 6.07 Å². The number of imidazole rings is 1. The maximum absolute atomic E-state index is 4.40. The van der Waals surface area contributed by atoms with Gasteiger partial charge in [-0.25, -0.2) is 9.97 Å². The van der Waals surface area contributed by atoms with Crippen molar-refractivity contribution in [3.05, 3.63) is 60.9 Å². The highest BCUT2D eigenvalue weighted by molar-refractivity contribution is 6.13. The largest absolute Gasteiger partial charge is 0.354 e. The van der Waals surface area contributed by atoms with Crippen molar-refractivity contribution in [3.63, 3.8) is 0 Å². The number of benzene rings is 3. The fourth-order valence-electron chi connectivity index (χ4n) is 3.09. The van der Waals surface area contributed by atoms with Crippen molar-refractivity contribution in [1.82, 2.24) is 15.0 Å². The highest BCUT2D eigenvalue weighted by atomic mass is 14.9. The molecular formula is C18H11N3. The molecule has 1 N–H and O–H groups in total. The molecule has 3 aromatic carbocycles. The van der Waals surface area contributed by atoms with Gasteiger partial charge in [0.05, 0.1) is 11.0 Å². The maximum atomic E-state index is 4.40. The van der Waals surface area contributed by atoms with Crippen molar-refractivity contribution in [2.45, 2.75) is 0 Å². The van der Waals surface area contributed by atoms with Gasteiger partial charge in [-0.3, -0.25) is 0 Å². The van der Waals surface area contributed by atoms with E-state index in [-0.39, 0.29) is 0 Å². The molecule has 0 atom stereocenters. The number of rotatable bonds is 0. The molecule has 0 aliphatic rings. The summed E-state index contributed by atoms with van der Waals surface area (Å²) in [5.74, 6) is 0. The van der Waals surface area contributed by atoms with E-state index < -0.39 is 0 Å². The lowest BCUT2D eigenvalue weighted by Gasteiger charge is -2.07. The summed E-state index contributed by atoms with van der Waals surface area (Å²) < 4.78 is 0. The predicted molar refractivity (Wildman–Crippen MR) is 86.4 cm³/mol. The Labute approximate surface area is 120 Å². The fourth-order valence-corrected chi connectivity index (χ4v) is 3.09. The third kappa shape index (κ3) is 1.43. The van der Waals surface area contributed by atoms with Crippen molar-refractivity contribution >= 4 is 43.6 Å². The fraction of sp³-hybridized carbons (Fsp3) is 0. The molecule has 2 aromatic heterocycles. The second kappa shape index (κ2) is 3.79. The topological polar surface area (TPSA) is 41.6 Å². The number of nitrogens with one attached hydrogen (secondary N) is 1. The van der Waals surface area contributed by atoms with Crippen LogP contribution in [0.5, 0.6) is 0 Å². The summed E-state index contributed by atoms with van der Waals surface area (Å²) in [6, 6.07) is 19.0. The number of pyridine rings is 1. The summed E-state index contributed by atoms with van der Waals surface area (Å²) in [5.41, 5.74) is 4.12. The Balaban J connectivity index is 2.07. The molecule has 0 fully saturated rings. The molecule has 5 aromatic rings. The highest BCUT2D eigenvalue weighted by Crippen LogP contribution is 2.29. The maximum Gasteiger partial charge on any atom is 0.116 e. The van der Waals surface area contributed by atoms with E-state index in [1.54, 1.807) is 6.33 Å². The number of hydrogen-bond donors (Lipinski definition) is 1. The summed E-state index contributed by atoms with van der Waals surface area (Å²) in [4.78, 5) is 12.2. The van der Waals surface area contributed by atoms with E-state index in [1.165, 1.54) is 16.2 Å². The van der Waals surface area contributed by atoms with Crippen molar-refractivity contribution in [2.24, 2.45) is 0 Å². The van der Waals surface area contributed by atoms with Gasteiger partial charge in [0.25, 0.3) is 0 Å². The Morgan fingerprint density at radius 1 is 0.714 bits per heavy atom. The van der Waals surface area contributed by atoms with Crippen LogP contribution in [0.2, 0.25) is 0 Å². The van der Waals surface area contributed by atoms with Crippen LogP contribution >= 0.6 is 0 Å². The van der Waals surface area contributed by atoms with Gasteiger partial charge in [0.15, 0.2) is 0 Å². The normalized spacial score (nSPS) is 11.8. The van der Waals surface area contributed by atoms with E-state index in [0.717, 1.165) is 27.5 Å². The SMILES string of the molecule is c1ccc2c(c1)ccc1[nH]c3ccc4ncnc4c3cc12. The minimum Gasteiger partial charge on any atom is -0.354 e. The summed E-state index contributed by atoms with van der Waals surface area (Å²) >= 11 is 0. The van der Waals surface area contributed by atoms with Crippen LogP contribution in [0.1, 0.15) is 0 Å². The van der Waals surface area contributed by atoms with Gasteiger partial charge in [-0.1, -0.05) is 30.3 Å². The van der Waals surface area contributed by atoms with Crippen LogP contribution in [0.4, 0.5) is 0 Å². The van der Waals surface area contributed by atoms with Crippen LogP contribution in [-0.2, 0) is 0 Å². The number of aromatic amines is 1. The van der Waals surface area contributed by atoms with E-state index in [0.29, 0.717) is 0 Å². The van der Waals surface area contributed by atoms with Gasteiger partial charge in [0.1, 0.15) is 6.33 Å². The van der Waals surface area contributed by atoms with Gasteiger partial charge < -0.3 is 4.98 Å². The second-order valence-electron chi connectivity index (χ2n) is 5.29. The highest BCUT2D eigenvalue weighted by Gasteiger charge is 2.07. The Morgan fingerprint density at radius 3 is 2.57 bits per heavy atom. The summed E-state index contributed by atoms with van der Waals surface area (Å²) in [5, 5.41) is 4.84. The van der Waals surface area contributed by atoms with Gasteiger partial charge in [-0.05, 0) is 35.0 Å². The molecule has 0 spiro atoms. The molecule has 0 saturated heterocycles. The quantitative estimate of drug-likeness (QED) is 0.334. The molecule has 0 saturated carbocycles. The molecule has 3 nitrogen and oxygen atoms in total. The zero-order valence-corrected chi connectivity index (χ0v) is 11.2. The van der Waals surface area contributed by atoms with Gasteiger partial charge in [-0.2, -0.15) is 0 Å².